The number of H-pyrrole nitrogens is 1. The molecule has 0 aliphatic carbocycles. The topological polar surface area (TPSA) is 48.6 Å². The maximum absolute atomic E-state index is 13.5. The number of nitrogens with one attached hydrogen (secondary N) is 1. The minimum absolute atomic E-state index is 0.0853. The SMILES string of the molecule is O=C1[C@H]2Cc3c([nH]c4ccccc34)[C@H](c3ccccc3)N2C(=S)N1C[C@@H]1CCCO1. The first-order chi connectivity index (χ1) is 14.7. The largest absolute Gasteiger partial charge is 0.376 e. The molecule has 3 atom stereocenters. The minimum atomic E-state index is -0.268. The highest BCUT2D eigenvalue weighted by Crippen LogP contribution is 2.44. The zero-order chi connectivity index (χ0) is 20.2. The lowest BCUT2D eigenvalue weighted by molar-refractivity contribution is -0.129. The fourth-order valence-electron chi connectivity index (χ4n) is 5.27. The van der Waals surface area contributed by atoms with E-state index < -0.39 is 0 Å². The van der Waals surface area contributed by atoms with Gasteiger partial charge in [0.25, 0.3) is 5.91 Å². The number of aromatic amines is 1. The van der Waals surface area contributed by atoms with Gasteiger partial charge in [0.1, 0.15) is 6.04 Å². The highest BCUT2D eigenvalue weighted by Gasteiger charge is 2.50. The molecule has 1 N–H and O–H groups in total. The number of nitrogens with zero attached hydrogens (tertiary/aromatic N) is 2. The summed E-state index contributed by atoms with van der Waals surface area (Å²) in [5.74, 6) is 0.104. The van der Waals surface area contributed by atoms with Crippen LogP contribution in [0, 0.1) is 0 Å². The Morgan fingerprint density at radius 1 is 1.10 bits per heavy atom. The van der Waals surface area contributed by atoms with Crippen LogP contribution in [0.3, 0.4) is 0 Å². The summed E-state index contributed by atoms with van der Waals surface area (Å²) in [5, 5.41) is 1.82. The van der Waals surface area contributed by atoms with Crippen molar-refractivity contribution in [3.63, 3.8) is 0 Å². The van der Waals surface area contributed by atoms with E-state index in [1.165, 1.54) is 10.9 Å². The Morgan fingerprint density at radius 2 is 1.90 bits per heavy atom. The Bertz CT molecular complexity index is 1140. The number of carbonyl (C=O) groups is 1. The van der Waals surface area contributed by atoms with E-state index in [1.54, 1.807) is 4.90 Å². The molecule has 1 amide bonds. The van der Waals surface area contributed by atoms with Gasteiger partial charge in [-0.05, 0) is 42.3 Å². The summed E-state index contributed by atoms with van der Waals surface area (Å²) in [6, 6.07) is 18.3. The summed E-state index contributed by atoms with van der Waals surface area (Å²) in [5.41, 5.74) is 4.63. The summed E-state index contributed by atoms with van der Waals surface area (Å²) in [7, 11) is 0. The van der Waals surface area contributed by atoms with Crippen LogP contribution in [0.5, 0.6) is 0 Å². The second-order valence-electron chi connectivity index (χ2n) is 8.37. The van der Waals surface area contributed by atoms with Crippen molar-refractivity contribution in [2.24, 2.45) is 0 Å². The number of para-hydroxylation sites is 1. The number of carbonyl (C=O) groups excluding carboxylic acids is 1. The Kier molecular flexibility index (Phi) is 4.18. The zero-order valence-electron chi connectivity index (χ0n) is 16.6. The highest BCUT2D eigenvalue weighted by molar-refractivity contribution is 7.80. The minimum Gasteiger partial charge on any atom is -0.376 e. The molecule has 1 aromatic heterocycles. The van der Waals surface area contributed by atoms with E-state index in [-0.39, 0.29) is 24.1 Å². The Morgan fingerprint density at radius 3 is 2.70 bits per heavy atom. The summed E-state index contributed by atoms with van der Waals surface area (Å²) in [6.07, 6.45) is 2.80. The second kappa shape index (κ2) is 6.93. The van der Waals surface area contributed by atoms with Gasteiger partial charge in [-0.3, -0.25) is 9.69 Å². The van der Waals surface area contributed by atoms with E-state index in [1.807, 2.05) is 24.3 Å². The summed E-state index contributed by atoms with van der Waals surface area (Å²) < 4.78 is 5.80. The number of thiocarbonyl (C=S) groups is 1. The number of ether oxygens (including phenoxy) is 1. The molecule has 2 aromatic carbocycles. The summed E-state index contributed by atoms with van der Waals surface area (Å²) in [4.78, 5) is 21.1. The molecule has 4 heterocycles. The molecule has 0 unspecified atom stereocenters. The zero-order valence-corrected chi connectivity index (χ0v) is 17.4. The van der Waals surface area contributed by atoms with Crippen LogP contribution in [0.4, 0.5) is 0 Å². The van der Waals surface area contributed by atoms with Gasteiger partial charge in [-0.2, -0.15) is 0 Å². The lowest BCUT2D eigenvalue weighted by atomic mass is 9.89. The van der Waals surface area contributed by atoms with Crippen molar-refractivity contribution in [1.29, 1.82) is 0 Å². The molecule has 30 heavy (non-hydrogen) atoms. The average Bonchev–Trinajstić information content (AvgIpc) is 3.48. The maximum Gasteiger partial charge on any atom is 0.251 e. The number of fused-ring (bicyclic) bond motifs is 4. The molecule has 2 saturated heterocycles. The van der Waals surface area contributed by atoms with Crippen molar-refractivity contribution in [3.05, 3.63) is 71.4 Å². The molecule has 5 nitrogen and oxygen atoms in total. The molecule has 152 valence electrons. The van der Waals surface area contributed by atoms with Crippen molar-refractivity contribution in [2.75, 3.05) is 13.2 Å². The van der Waals surface area contributed by atoms with Gasteiger partial charge >= 0.3 is 0 Å². The van der Waals surface area contributed by atoms with Gasteiger partial charge in [-0.25, -0.2) is 0 Å². The Balaban J connectivity index is 1.47. The number of aromatic nitrogens is 1. The van der Waals surface area contributed by atoms with E-state index >= 15 is 0 Å². The normalized spacial score (nSPS) is 25.8. The van der Waals surface area contributed by atoms with Crippen molar-refractivity contribution in [1.82, 2.24) is 14.8 Å². The summed E-state index contributed by atoms with van der Waals surface area (Å²) in [6.45, 7) is 1.33. The predicted molar refractivity (Wildman–Crippen MR) is 119 cm³/mol. The van der Waals surface area contributed by atoms with Gasteiger partial charge in [0.05, 0.1) is 18.7 Å². The van der Waals surface area contributed by atoms with E-state index in [9.17, 15) is 4.79 Å². The molecule has 2 fully saturated rings. The van der Waals surface area contributed by atoms with Gasteiger partial charge in [-0.1, -0.05) is 48.5 Å². The van der Waals surface area contributed by atoms with E-state index in [0.29, 0.717) is 18.1 Å². The number of hydrogen-bond donors (Lipinski definition) is 1. The third kappa shape index (κ3) is 2.63. The molecule has 6 rings (SSSR count). The standard InChI is InChI=1S/C24H23N3O2S/c28-23-20-13-18-17-10-4-5-11-19(17)25-21(18)22(15-7-2-1-3-8-15)27(20)24(30)26(23)14-16-9-6-12-29-16/h1-5,7-8,10-11,16,20,22,25H,6,9,12-14H2/t16-,20+,22-/m0/s1. The smallest absolute Gasteiger partial charge is 0.251 e. The molecule has 6 heteroatoms. The molecular formula is C24H23N3O2S. The second-order valence-corrected chi connectivity index (χ2v) is 8.73. The van der Waals surface area contributed by atoms with Gasteiger partial charge in [-0.15, -0.1) is 0 Å². The van der Waals surface area contributed by atoms with Crippen LogP contribution in [0.2, 0.25) is 0 Å². The predicted octanol–water partition coefficient (Wildman–Crippen LogP) is 3.79. The molecule has 3 aromatic rings. The lowest BCUT2D eigenvalue weighted by Crippen LogP contribution is -2.44. The van der Waals surface area contributed by atoms with Crippen LogP contribution in [0.1, 0.15) is 35.7 Å². The molecule has 3 aliphatic rings. The third-order valence-electron chi connectivity index (χ3n) is 6.66. The van der Waals surface area contributed by atoms with Gasteiger partial charge in [0, 0.05) is 29.6 Å². The average molecular weight is 418 g/mol. The maximum atomic E-state index is 13.5. The van der Waals surface area contributed by atoms with Gasteiger partial charge in [0.2, 0.25) is 0 Å². The molecular weight excluding hydrogens is 394 g/mol. The molecule has 3 aliphatic heterocycles. The number of hydrogen-bond acceptors (Lipinski definition) is 3. The van der Waals surface area contributed by atoms with Gasteiger partial charge in [0.15, 0.2) is 5.11 Å². The van der Waals surface area contributed by atoms with Gasteiger partial charge < -0.3 is 14.6 Å². The molecule has 0 saturated carbocycles. The van der Waals surface area contributed by atoms with E-state index in [4.69, 9.17) is 17.0 Å². The fourth-order valence-corrected chi connectivity index (χ4v) is 5.67. The monoisotopic (exact) mass is 417 g/mol. The summed E-state index contributed by atoms with van der Waals surface area (Å²) >= 11 is 5.90. The fraction of sp³-hybridized carbons (Fsp3) is 0.333. The van der Waals surface area contributed by atoms with Crippen LogP contribution in [0.25, 0.3) is 10.9 Å². The molecule has 0 bridgehead atoms. The molecule has 0 spiro atoms. The Labute approximate surface area is 180 Å². The number of rotatable bonds is 3. The third-order valence-corrected chi connectivity index (χ3v) is 7.09. The van der Waals surface area contributed by atoms with Crippen molar-refractivity contribution < 1.29 is 9.53 Å². The van der Waals surface area contributed by atoms with E-state index in [2.05, 4.69) is 40.2 Å². The van der Waals surface area contributed by atoms with Crippen LogP contribution in [-0.4, -0.2) is 51.1 Å². The lowest BCUT2D eigenvalue weighted by Gasteiger charge is -2.37. The van der Waals surface area contributed by atoms with Crippen LogP contribution in [0.15, 0.2) is 54.6 Å². The quantitative estimate of drug-likeness (QED) is 0.659. The van der Waals surface area contributed by atoms with Crippen LogP contribution >= 0.6 is 12.2 Å². The van der Waals surface area contributed by atoms with Crippen molar-refractivity contribution in [2.45, 2.75) is 37.5 Å². The first-order valence-corrected chi connectivity index (χ1v) is 11.0. The Hall–Kier alpha value is -2.70. The highest BCUT2D eigenvalue weighted by atomic mass is 32.1. The number of amides is 1. The number of benzene rings is 2. The van der Waals surface area contributed by atoms with Crippen LogP contribution < -0.4 is 0 Å². The first-order valence-electron chi connectivity index (χ1n) is 10.6. The first kappa shape index (κ1) is 18.1. The molecule has 0 radical (unpaired) electrons. The van der Waals surface area contributed by atoms with Crippen LogP contribution in [-0.2, 0) is 16.0 Å². The van der Waals surface area contributed by atoms with Crippen molar-refractivity contribution in [3.8, 4) is 0 Å². The van der Waals surface area contributed by atoms with Crippen molar-refractivity contribution >= 4 is 34.1 Å². The van der Waals surface area contributed by atoms with E-state index in [0.717, 1.165) is 36.2 Å².